The van der Waals surface area contributed by atoms with Crippen LogP contribution in [0.5, 0.6) is 0 Å². The van der Waals surface area contributed by atoms with E-state index in [0.29, 0.717) is 23.9 Å². The summed E-state index contributed by atoms with van der Waals surface area (Å²) in [6.07, 6.45) is 12.5. The van der Waals surface area contributed by atoms with E-state index >= 15 is 0 Å². The number of carbonyl (C=O) groups is 2. The van der Waals surface area contributed by atoms with E-state index in [1.807, 2.05) is 24.3 Å². The van der Waals surface area contributed by atoms with Gasteiger partial charge in [-0.1, -0.05) is 45.2 Å². The summed E-state index contributed by atoms with van der Waals surface area (Å²) >= 11 is 0. The summed E-state index contributed by atoms with van der Waals surface area (Å²) in [7, 11) is 0. The Bertz CT molecular complexity index is 1300. The molecule has 1 aromatic heterocycles. The van der Waals surface area contributed by atoms with Crippen molar-refractivity contribution in [2.45, 2.75) is 77.7 Å². The average Bonchev–Trinajstić information content (AvgIpc) is 3.23. The summed E-state index contributed by atoms with van der Waals surface area (Å²) in [6, 6.07) is 14.8. The molecule has 3 aromatic rings. The standard InChI is InChI=1S/C31H37N3O2/c1-3-21(2)24-10-14-29-25(17-24)18-27(34(29)20-22-7-5-4-6-8-22)13-16-30(35)32-26-12-9-23-11-15-31(36)33-28(23)19-26/h9-10,12-14,16-19,21-22H,3-8,11,15,20H2,1-2H3,(H,32,35)(H,33,36)/b16-13+. The number of hydrogen-bond acceptors (Lipinski definition) is 2. The molecule has 5 nitrogen and oxygen atoms in total. The predicted molar refractivity (Wildman–Crippen MR) is 148 cm³/mol. The highest BCUT2D eigenvalue weighted by Gasteiger charge is 2.18. The van der Waals surface area contributed by atoms with E-state index in [-0.39, 0.29) is 11.8 Å². The molecule has 5 heteroatoms. The summed E-state index contributed by atoms with van der Waals surface area (Å²) < 4.78 is 2.41. The van der Waals surface area contributed by atoms with Crippen molar-refractivity contribution in [3.8, 4) is 0 Å². The number of nitrogens with one attached hydrogen (secondary N) is 2. The fourth-order valence-corrected chi connectivity index (χ4v) is 5.62. The van der Waals surface area contributed by atoms with Crippen LogP contribution in [-0.2, 0) is 22.6 Å². The molecule has 2 aliphatic rings. The lowest BCUT2D eigenvalue weighted by molar-refractivity contribution is -0.116. The first-order valence-corrected chi connectivity index (χ1v) is 13.5. The van der Waals surface area contributed by atoms with E-state index in [1.54, 1.807) is 6.08 Å². The average molecular weight is 484 g/mol. The molecule has 1 aliphatic carbocycles. The Morgan fingerprint density at radius 3 is 2.75 bits per heavy atom. The molecule has 1 unspecified atom stereocenters. The Hall–Kier alpha value is -3.34. The number of nitrogens with zero attached hydrogens (tertiary/aromatic N) is 1. The van der Waals surface area contributed by atoms with Crippen LogP contribution >= 0.6 is 0 Å². The second-order valence-electron chi connectivity index (χ2n) is 10.6. The Labute approximate surface area is 214 Å². The lowest BCUT2D eigenvalue weighted by atomic mass is 9.89. The van der Waals surface area contributed by atoms with Gasteiger partial charge in [0.15, 0.2) is 0 Å². The number of benzene rings is 2. The number of anilines is 2. The van der Waals surface area contributed by atoms with E-state index < -0.39 is 0 Å². The van der Waals surface area contributed by atoms with Crippen LogP contribution in [0.15, 0.2) is 48.5 Å². The van der Waals surface area contributed by atoms with Gasteiger partial charge in [-0.2, -0.15) is 0 Å². The maximum atomic E-state index is 12.8. The number of aromatic nitrogens is 1. The third-order valence-electron chi connectivity index (χ3n) is 7.98. The molecule has 188 valence electrons. The monoisotopic (exact) mass is 483 g/mol. The van der Waals surface area contributed by atoms with E-state index in [0.717, 1.165) is 36.3 Å². The Kier molecular flexibility index (Phi) is 7.26. The number of hydrogen-bond donors (Lipinski definition) is 2. The van der Waals surface area contributed by atoms with E-state index in [1.165, 1.54) is 48.6 Å². The molecular weight excluding hydrogens is 446 g/mol. The zero-order chi connectivity index (χ0) is 25.1. The molecule has 1 aliphatic heterocycles. The maximum Gasteiger partial charge on any atom is 0.248 e. The number of aryl methyl sites for hydroxylation is 1. The number of carbonyl (C=O) groups excluding carboxylic acids is 2. The molecular formula is C31H37N3O2. The Balaban J connectivity index is 1.38. The van der Waals surface area contributed by atoms with Crippen LogP contribution in [0, 0.1) is 5.92 Å². The normalized spacial score (nSPS) is 17.2. The molecule has 2 amide bonds. The topological polar surface area (TPSA) is 63.1 Å². The first kappa shape index (κ1) is 24.4. The van der Waals surface area contributed by atoms with Crippen LogP contribution < -0.4 is 10.6 Å². The van der Waals surface area contributed by atoms with Crippen molar-refractivity contribution < 1.29 is 9.59 Å². The highest BCUT2D eigenvalue weighted by molar-refractivity contribution is 6.03. The molecule has 0 radical (unpaired) electrons. The van der Waals surface area contributed by atoms with Crippen molar-refractivity contribution in [1.82, 2.24) is 4.57 Å². The Morgan fingerprint density at radius 1 is 1.11 bits per heavy atom. The van der Waals surface area contributed by atoms with Crippen molar-refractivity contribution in [3.05, 3.63) is 65.4 Å². The van der Waals surface area contributed by atoms with Crippen molar-refractivity contribution >= 4 is 40.2 Å². The van der Waals surface area contributed by atoms with Gasteiger partial charge >= 0.3 is 0 Å². The van der Waals surface area contributed by atoms with Crippen molar-refractivity contribution in [2.75, 3.05) is 10.6 Å². The number of rotatable bonds is 7. The van der Waals surface area contributed by atoms with Crippen LogP contribution in [0.25, 0.3) is 17.0 Å². The molecule has 1 fully saturated rings. The third kappa shape index (κ3) is 5.40. The van der Waals surface area contributed by atoms with Gasteiger partial charge in [0.2, 0.25) is 11.8 Å². The molecule has 2 aromatic carbocycles. The van der Waals surface area contributed by atoms with Gasteiger partial charge in [0.25, 0.3) is 0 Å². The quantitative estimate of drug-likeness (QED) is 0.347. The highest BCUT2D eigenvalue weighted by atomic mass is 16.2. The second-order valence-corrected chi connectivity index (χ2v) is 10.6. The minimum absolute atomic E-state index is 0.0214. The largest absolute Gasteiger partial charge is 0.341 e. The maximum absolute atomic E-state index is 12.8. The van der Waals surface area contributed by atoms with Gasteiger partial charge in [-0.3, -0.25) is 9.59 Å². The van der Waals surface area contributed by atoms with Gasteiger partial charge in [0.1, 0.15) is 0 Å². The first-order valence-electron chi connectivity index (χ1n) is 13.5. The van der Waals surface area contributed by atoms with Crippen molar-refractivity contribution in [1.29, 1.82) is 0 Å². The smallest absolute Gasteiger partial charge is 0.248 e. The summed E-state index contributed by atoms with van der Waals surface area (Å²) in [5.74, 6) is 1.07. The second kappa shape index (κ2) is 10.7. The lowest BCUT2D eigenvalue weighted by Crippen LogP contribution is -2.19. The fourth-order valence-electron chi connectivity index (χ4n) is 5.62. The fraction of sp³-hybridized carbons (Fsp3) is 0.419. The van der Waals surface area contributed by atoms with Gasteiger partial charge in [0.05, 0.1) is 0 Å². The Morgan fingerprint density at radius 2 is 1.94 bits per heavy atom. The SMILES string of the molecule is CCC(C)c1ccc2c(c1)cc(/C=C/C(=O)Nc1ccc3c(c1)NC(=O)CC3)n2CC1CCCCC1. The minimum Gasteiger partial charge on any atom is -0.341 e. The highest BCUT2D eigenvalue weighted by Crippen LogP contribution is 2.31. The van der Waals surface area contributed by atoms with Crippen LogP contribution in [0.3, 0.4) is 0 Å². The molecule has 0 saturated heterocycles. The van der Waals surface area contributed by atoms with Crippen LogP contribution in [0.2, 0.25) is 0 Å². The van der Waals surface area contributed by atoms with Gasteiger partial charge in [-0.25, -0.2) is 0 Å². The third-order valence-corrected chi connectivity index (χ3v) is 7.98. The summed E-state index contributed by atoms with van der Waals surface area (Å²) in [5, 5.41) is 7.10. The van der Waals surface area contributed by atoms with Crippen LogP contribution in [0.4, 0.5) is 11.4 Å². The van der Waals surface area contributed by atoms with E-state index in [4.69, 9.17) is 0 Å². The van der Waals surface area contributed by atoms with Crippen LogP contribution in [-0.4, -0.2) is 16.4 Å². The minimum atomic E-state index is -0.174. The summed E-state index contributed by atoms with van der Waals surface area (Å²) in [4.78, 5) is 24.6. The molecule has 0 bridgehead atoms. The lowest BCUT2D eigenvalue weighted by Gasteiger charge is -2.23. The zero-order valence-electron chi connectivity index (χ0n) is 21.5. The van der Waals surface area contributed by atoms with Gasteiger partial charge in [0, 0.05) is 47.0 Å². The molecule has 2 heterocycles. The van der Waals surface area contributed by atoms with Gasteiger partial charge in [-0.15, -0.1) is 0 Å². The molecule has 36 heavy (non-hydrogen) atoms. The molecule has 5 rings (SSSR count). The number of fused-ring (bicyclic) bond motifs is 2. The molecule has 2 N–H and O–H groups in total. The molecule has 1 atom stereocenters. The molecule has 0 spiro atoms. The van der Waals surface area contributed by atoms with Gasteiger partial charge in [-0.05, 0) is 85.1 Å². The summed E-state index contributed by atoms with van der Waals surface area (Å²) in [6.45, 7) is 5.50. The van der Waals surface area contributed by atoms with E-state index in [9.17, 15) is 9.59 Å². The predicted octanol–water partition coefficient (Wildman–Crippen LogP) is 7.27. The van der Waals surface area contributed by atoms with Crippen molar-refractivity contribution in [2.24, 2.45) is 5.92 Å². The number of amides is 2. The van der Waals surface area contributed by atoms with E-state index in [2.05, 4.69) is 53.3 Å². The molecule has 1 saturated carbocycles. The van der Waals surface area contributed by atoms with Crippen molar-refractivity contribution in [3.63, 3.8) is 0 Å². The van der Waals surface area contributed by atoms with Crippen LogP contribution in [0.1, 0.15) is 81.5 Å². The van der Waals surface area contributed by atoms with Gasteiger partial charge < -0.3 is 15.2 Å². The zero-order valence-corrected chi connectivity index (χ0v) is 21.5. The first-order chi connectivity index (χ1) is 17.5. The summed E-state index contributed by atoms with van der Waals surface area (Å²) in [5.41, 5.74) is 6.27.